The van der Waals surface area contributed by atoms with Crippen molar-refractivity contribution >= 4 is 22.9 Å². The molecule has 5 rings (SSSR count). The number of amidine groups is 1. The van der Waals surface area contributed by atoms with Gasteiger partial charge >= 0.3 is 6.18 Å². The zero-order chi connectivity index (χ0) is 31.8. The normalized spacial score (nSPS) is 13.3. The monoisotopic (exact) mass is 612 g/mol. The lowest BCUT2D eigenvalue weighted by Gasteiger charge is -2.30. The van der Waals surface area contributed by atoms with Crippen LogP contribution < -0.4 is 19.9 Å². The first-order valence-electron chi connectivity index (χ1n) is 15.1. The van der Waals surface area contributed by atoms with Crippen LogP contribution in [0.1, 0.15) is 56.7 Å². The van der Waals surface area contributed by atoms with Crippen LogP contribution in [-0.2, 0) is 12.8 Å². The summed E-state index contributed by atoms with van der Waals surface area (Å²) < 4.78 is 52.8. The Kier molecular flexibility index (Phi) is 10.1. The molecule has 0 amide bonds. The molecule has 0 fully saturated rings. The van der Waals surface area contributed by atoms with Crippen LogP contribution in [0.5, 0.6) is 11.5 Å². The van der Waals surface area contributed by atoms with Gasteiger partial charge in [-0.3, -0.25) is 0 Å². The molecule has 4 aromatic rings. The van der Waals surface area contributed by atoms with E-state index < -0.39 is 11.7 Å². The number of halogens is 3. The summed E-state index contributed by atoms with van der Waals surface area (Å²) in [6, 6.07) is 27.9. The predicted octanol–water partition coefficient (Wildman–Crippen LogP) is 10.2. The summed E-state index contributed by atoms with van der Waals surface area (Å²) in [6.07, 6.45) is 0.859. The Morgan fingerprint density at radius 2 is 1.53 bits per heavy atom. The molecule has 0 aliphatic carbocycles. The summed E-state index contributed by atoms with van der Waals surface area (Å²) in [5, 5.41) is 1.50. The fourth-order valence-corrected chi connectivity index (χ4v) is 4.87. The van der Waals surface area contributed by atoms with E-state index in [4.69, 9.17) is 14.9 Å². The molecule has 233 valence electrons. The number of hydrogen-bond acceptors (Lipinski definition) is 4. The number of fused-ring (bicyclic) bond motifs is 1. The van der Waals surface area contributed by atoms with Gasteiger partial charge in [-0.05, 0) is 111 Å². The zero-order valence-electron chi connectivity index (χ0n) is 25.7. The van der Waals surface area contributed by atoms with Gasteiger partial charge in [-0.1, -0.05) is 48.9 Å². The van der Waals surface area contributed by atoms with E-state index in [9.17, 15) is 13.2 Å². The smallest absolute Gasteiger partial charge is 0.416 e. The minimum absolute atomic E-state index is 0.246. The lowest BCUT2D eigenvalue weighted by molar-refractivity contribution is -0.137. The molecule has 8 heteroatoms. The molecule has 1 radical (unpaired) electrons. The quantitative estimate of drug-likeness (QED) is 0.150. The van der Waals surface area contributed by atoms with Crippen LogP contribution in [0.3, 0.4) is 0 Å². The van der Waals surface area contributed by atoms with Crippen LogP contribution in [0.25, 0.3) is 0 Å². The Bertz CT molecular complexity index is 1610. The van der Waals surface area contributed by atoms with E-state index in [0.717, 1.165) is 37.0 Å². The van der Waals surface area contributed by atoms with Gasteiger partial charge in [0.1, 0.15) is 18.1 Å². The third-order valence-electron chi connectivity index (χ3n) is 7.49. The lowest BCUT2D eigenvalue weighted by Crippen LogP contribution is -2.35. The standard InChI is InChI=1S/C37H37F3N3O2/c1-26(2)8-7-9-27(3)22-23-44-32-19-15-31(16-20-32)43-35-24-30(37(38,39)40)14-21-34(35)41-36(42-43)29-12-17-33(18-13-29)45-25-28-10-5-4-6-11-28/h4-6,8,10-21,24,27H,7,9,22-23,25H2,1-3H3. The third kappa shape index (κ3) is 8.69. The van der Waals surface area contributed by atoms with E-state index >= 15 is 0 Å². The lowest BCUT2D eigenvalue weighted by atomic mass is 10.0. The largest absolute Gasteiger partial charge is 0.494 e. The molecule has 1 unspecified atom stereocenters. The van der Waals surface area contributed by atoms with Crippen molar-refractivity contribution in [1.82, 2.24) is 5.43 Å². The van der Waals surface area contributed by atoms with Crippen LogP contribution in [0, 0.1) is 5.92 Å². The summed E-state index contributed by atoms with van der Waals surface area (Å²) in [7, 11) is 0. The van der Waals surface area contributed by atoms with Gasteiger partial charge in [0.2, 0.25) is 0 Å². The molecular weight excluding hydrogens is 575 g/mol. The Labute approximate surface area is 263 Å². The van der Waals surface area contributed by atoms with Crippen molar-refractivity contribution in [3.05, 3.63) is 125 Å². The number of anilines is 2. The number of nitrogens with zero attached hydrogens (tertiary/aromatic N) is 3. The molecule has 4 aromatic carbocycles. The molecule has 5 nitrogen and oxygen atoms in total. The first kappa shape index (κ1) is 31.7. The Morgan fingerprint density at radius 3 is 2.22 bits per heavy atom. The first-order chi connectivity index (χ1) is 21.7. The maximum atomic E-state index is 13.7. The molecule has 1 heterocycles. The van der Waals surface area contributed by atoms with Gasteiger partial charge in [-0.25, -0.2) is 10.0 Å². The molecule has 1 atom stereocenters. The van der Waals surface area contributed by atoms with Crippen molar-refractivity contribution in [1.29, 1.82) is 0 Å². The van der Waals surface area contributed by atoms with E-state index in [2.05, 4.69) is 31.8 Å². The Balaban J connectivity index is 1.31. The highest BCUT2D eigenvalue weighted by Gasteiger charge is 2.33. The summed E-state index contributed by atoms with van der Waals surface area (Å²) in [5.74, 6) is 2.29. The third-order valence-corrected chi connectivity index (χ3v) is 7.49. The van der Waals surface area contributed by atoms with Crippen molar-refractivity contribution in [2.45, 2.75) is 52.8 Å². The summed E-state index contributed by atoms with van der Waals surface area (Å²) in [5.41, 5.74) is 8.25. The Hall–Kier alpha value is -4.72. The minimum atomic E-state index is -4.50. The van der Waals surface area contributed by atoms with Crippen molar-refractivity contribution in [2.75, 3.05) is 11.6 Å². The molecule has 0 bridgehead atoms. The van der Waals surface area contributed by atoms with Crippen LogP contribution in [-0.4, -0.2) is 12.4 Å². The molecule has 45 heavy (non-hydrogen) atoms. The number of hydrogen-bond donors (Lipinski definition) is 0. The van der Waals surface area contributed by atoms with Gasteiger partial charge in [-0.2, -0.15) is 13.2 Å². The molecule has 0 saturated carbocycles. The van der Waals surface area contributed by atoms with E-state index in [1.807, 2.05) is 66.7 Å². The SMILES string of the molecule is CC(C)=CCCC(C)CCOc1ccc(N2[N]C(c3ccc(OCc4ccccc4)cc3)=Nc3ccc(C(F)(F)F)cc32)cc1. The molecule has 0 aromatic heterocycles. The number of benzene rings is 4. The molecule has 1 aliphatic heterocycles. The van der Waals surface area contributed by atoms with Crippen molar-refractivity contribution in [2.24, 2.45) is 10.9 Å². The maximum Gasteiger partial charge on any atom is 0.416 e. The van der Waals surface area contributed by atoms with Crippen molar-refractivity contribution in [3.8, 4) is 11.5 Å². The fraction of sp³-hybridized carbons (Fsp3) is 0.270. The number of aliphatic imine (C=N–C) groups is 1. The summed E-state index contributed by atoms with van der Waals surface area (Å²) in [4.78, 5) is 4.61. The van der Waals surface area contributed by atoms with Crippen molar-refractivity contribution in [3.63, 3.8) is 0 Å². The van der Waals surface area contributed by atoms with Crippen LogP contribution in [0.2, 0.25) is 0 Å². The molecule has 0 spiro atoms. The average Bonchev–Trinajstić information content (AvgIpc) is 3.03. The number of ether oxygens (including phenoxy) is 2. The fourth-order valence-electron chi connectivity index (χ4n) is 4.87. The van der Waals surface area contributed by atoms with E-state index in [0.29, 0.717) is 53.4 Å². The van der Waals surface area contributed by atoms with Gasteiger partial charge in [0.05, 0.1) is 29.2 Å². The number of allylic oxidation sites excluding steroid dienone is 2. The second kappa shape index (κ2) is 14.4. The second-order valence-corrected chi connectivity index (χ2v) is 11.4. The van der Waals surface area contributed by atoms with Crippen LogP contribution in [0.15, 0.2) is 114 Å². The average molecular weight is 613 g/mol. The molecule has 0 N–H and O–H groups in total. The highest BCUT2D eigenvalue weighted by molar-refractivity contribution is 6.04. The number of rotatable bonds is 12. The van der Waals surface area contributed by atoms with Gasteiger partial charge in [0, 0.05) is 5.56 Å². The molecule has 1 aliphatic rings. The highest BCUT2D eigenvalue weighted by Crippen LogP contribution is 2.41. The molecule has 0 saturated heterocycles. The first-order valence-corrected chi connectivity index (χ1v) is 15.1. The topological polar surface area (TPSA) is 48.2 Å². The molecular formula is C37H37F3N3O2. The van der Waals surface area contributed by atoms with Crippen LogP contribution in [0.4, 0.5) is 30.2 Å². The number of alkyl halides is 3. The Morgan fingerprint density at radius 1 is 0.844 bits per heavy atom. The maximum absolute atomic E-state index is 13.7. The highest BCUT2D eigenvalue weighted by atomic mass is 19.4. The van der Waals surface area contributed by atoms with Gasteiger partial charge < -0.3 is 9.47 Å². The van der Waals surface area contributed by atoms with E-state index in [1.54, 1.807) is 12.1 Å². The second-order valence-electron chi connectivity index (χ2n) is 11.4. The van der Waals surface area contributed by atoms with Gasteiger partial charge in [-0.15, -0.1) is 5.43 Å². The van der Waals surface area contributed by atoms with Gasteiger partial charge in [0.15, 0.2) is 5.84 Å². The van der Waals surface area contributed by atoms with E-state index in [1.165, 1.54) is 16.6 Å². The van der Waals surface area contributed by atoms with Crippen LogP contribution >= 0.6 is 0 Å². The van der Waals surface area contributed by atoms with Gasteiger partial charge in [0.25, 0.3) is 0 Å². The van der Waals surface area contributed by atoms with E-state index in [-0.39, 0.29) is 5.69 Å². The zero-order valence-corrected chi connectivity index (χ0v) is 25.7. The van der Waals surface area contributed by atoms with Crippen molar-refractivity contribution < 1.29 is 22.6 Å². The summed E-state index contributed by atoms with van der Waals surface area (Å²) >= 11 is 0. The predicted molar refractivity (Wildman–Crippen MR) is 174 cm³/mol. The minimum Gasteiger partial charge on any atom is -0.494 e. The summed E-state index contributed by atoms with van der Waals surface area (Å²) in [6.45, 7) is 7.46.